The van der Waals surface area contributed by atoms with Gasteiger partial charge in [-0.3, -0.25) is 4.79 Å². The summed E-state index contributed by atoms with van der Waals surface area (Å²) < 4.78 is 0. The average Bonchev–Trinajstić information content (AvgIpc) is 2.17. The molecule has 0 saturated carbocycles. The van der Waals surface area contributed by atoms with Gasteiger partial charge in [-0.25, -0.2) is 0 Å². The van der Waals surface area contributed by atoms with Crippen LogP contribution in [0.4, 0.5) is 5.69 Å². The molecule has 1 unspecified atom stereocenters. The zero-order chi connectivity index (χ0) is 12.3. The van der Waals surface area contributed by atoms with Gasteiger partial charge in [0.05, 0.1) is 0 Å². The second-order valence-electron chi connectivity index (χ2n) is 5.03. The maximum absolute atomic E-state index is 10.7. The molecule has 0 fully saturated rings. The van der Waals surface area contributed by atoms with Crippen molar-refractivity contribution >= 4 is 11.7 Å². The van der Waals surface area contributed by atoms with Gasteiger partial charge in [-0.05, 0) is 30.0 Å². The lowest BCUT2D eigenvalue weighted by Crippen LogP contribution is -2.25. The second-order valence-corrected chi connectivity index (χ2v) is 5.03. The van der Waals surface area contributed by atoms with Gasteiger partial charge in [0.15, 0.2) is 0 Å². The number of nitrogens with one attached hydrogen (secondary N) is 1. The molecule has 0 heterocycles. The topological polar surface area (TPSA) is 49.3 Å². The molecule has 1 atom stereocenters. The molecule has 0 aromatic heterocycles. The van der Waals surface area contributed by atoms with E-state index in [0.717, 1.165) is 5.69 Å². The highest BCUT2D eigenvalue weighted by Gasteiger charge is 2.14. The molecule has 0 amide bonds. The highest BCUT2D eigenvalue weighted by molar-refractivity contribution is 5.76. The van der Waals surface area contributed by atoms with E-state index in [1.54, 1.807) is 6.92 Å². The molecule has 1 aromatic rings. The number of aliphatic carboxylic acids is 1. The molecule has 3 heteroatoms. The lowest BCUT2D eigenvalue weighted by Gasteiger charge is -2.19. The first-order valence-corrected chi connectivity index (χ1v) is 5.40. The van der Waals surface area contributed by atoms with Crippen molar-refractivity contribution in [2.45, 2.75) is 39.2 Å². The van der Waals surface area contributed by atoms with E-state index >= 15 is 0 Å². The first kappa shape index (κ1) is 12.6. The van der Waals surface area contributed by atoms with E-state index in [2.05, 4.69) is 26.1 Å². The first-order chi connectivity index (χ1) is 7.30. The molecule has 0 aliphatic carbocycles. The van der Waals surface area contributed by atoms with Crippen LogP contribution in [-0.2, 0) is 10.2 Å². The van der Waals surface area contributed by atoms with E-state index in [-0.39, 0.29) is 5.41 Å². The van der Waals surface area contributed by atoms with E-state index < -0.39 is 12.0 Å². The lowest BCUT2D eigenvalue weighted by molar-refractivity contribution is -0.137. The number of rotatable bonds is 3. The van der Waals surface area contributed by atoms with Gasteiger partial charge < -0.3 is 10.4 Å². The largest absolute Gasteiger partial charge is 0.480 e. The Hall–Kier alpha value is -1.51. The Labute approximate surface area is 96.5 Å². The van der Waals surface area contributed by atoms with E-state index in [9.17, 15) is 4.79 Å². The standard InChI is InChI=1S/C13H19NO2/c1-9(12(15)16)14-11-7-5-10(6-8-11)13(2,3)4/h5-9,14H,1-4H3,(H,15,16). The third-order valence-corrected chi connectivity index (χ3v) is 2.50. The van der Waals surface area contributed by atoms with Gasteiger partial charge in [-0.2, -0.15) is 0 Å². The molecule has 2 N–H and O–H groups in total. The average molecular weight is 221 g/mol. The summed E-state index contributed by atoms with van der Waals surface area (Å²) in [6, 6.07) is 7.31. The summed E-state index contributed by atoms with van der Waals surface area (Å²) in [6.45, 7) is 8.07. The van der Waals surface area contributed by atoms with Crippen LogP contribution in [-0.4, -0.2) is 17.1 Å². The van der Waals surface area contributed by atoms with Crippen LogP contribution in [0.3, 0.4) is 0 Å². The summed E-state index contributed by atoms with van der Waals surface area (Å²) >= 11 is 0. The number of carboxylic acids is 1. The third kappa shape index (κ3) is 3.26. The Kier molecular flexibility index (Phi) is 3.58. The maximum Gasteiger partial charge on any atom is 0.325 e. The van der Waals surface area contributed by atoms with Crippen molar-refractivity contribution in [1.29, 1.82) is 0 Å². The lowest BCUT2D eigenvalue weighted by atomic mass is 9.87. The molecule has 1 rings (SSSR count). The van der Waals surface area contributed by atoms with Gasteiger partial charge in [-0.1, -0.05) is 32.9 Å². The van der Waals surface area contributed by atoms with Crippen LogP contribution in [0.5, 0.6) is 0 Å². The molecule has 0 saturated heterocycles. The third-order valence-electron chi connectivity index (χ3n) is 2.50. The van der Waals surface area contributed by atoms with E-state index in [4.69, 9.17) is 5.11 Å². The van der Waals surface area contributed by atoms with Crippen molar-refractivity contribution in [3.8, 4) is 0 Å². The van der Waals surface area contributed by atoms with Gasteiger partial charge in [0.1, 0.15) is 6.04 Å². The smallest absolute Gasteiger partial charge is 0.325 e. The van der Waals surface area contributed by atoms with Crippen molar-refractivity contribution < 1.29 is 9.90 Å². The van der Waals surface area contributed by atoms with Crippen LogP contribution >= 0.6 is 0 Å². The van der Waals surface area contributed by atoms with Crippen molar-refractivity contribution in [2.24, 2.45) is 0 Å². The van der Waals surface area contributed by atoms with Gasteiger partial charge in [-0.15, -0.1) is 0 Å². The Morgan fingerprint density at radius 2 is 1.75 bits per heavy atom. The minimum atomic E-state index is -0.847. The van der Waals surface area contributed by atoms with Gasteiger partial charge in [0, 0.05) is 5.69 Å². The van der Waals surface area contributed by atoms with Crippen molar-refractivity contribution in [1.82, 2.24) is 0 Å². The number of benzene rings is 1. The highest BCUT2D eigenvalue weighted by atomic mass is 16.4. The monoisotopic (exact) mass is 221 g/mol. The summed E-state index contributed by atoms with van der Waals surface area (Å²) in [5.74, 6) is -0.847. The van der Waals surface area contributed by atoms with Gasteiger partial charge in [0.25, 0.3) is 0 Å². The molecule has 0 bridgehead atoms. The fourth-order valence-electron chi connectivity index (χ4n) is 1.38. The Morgan fingerprint density at radius 1 is 1.25 bits per heavy atom. The fourth-order valence-corrected chi connectivity index (χ4v) is 1.38. The number of carbonyl (C=O) groups is 1. The Balaban J connectivity index is 2.76. The number of anilines is 1. The van der Waals surface area contributed by atoms with E-state index in [0.29, 0.717) is 0 Å². The predicted molar refractivity (Wildman–Crippen MR) is 65.9 cm³/mol. The second kappa shape index (κ2) is 4.56. The fraction of sp³-hybridized carbons (Fsp3) is 0.462. The Morgan fingerprint density at radius 3 is 2.12 bits per heavy atom. The molecular formula is C13H19NO2. The number of hydrogen-bond acceptors (Lipinski definition) is 2. The van der Waals surface area contributed by atoms with Crippen LogP contribution in [0.1, 0.15) is 33.3 Å². The van der Waals surface area contributed by atoms with Crippen molar-refractivity contribution in [2.75, 3.05) is 5.32 Å². The summed E-state index contributed by atoms with van der Waals surface area (Å²) in [5, 5.41) is 11.7. The van der Waals surface area contributed by atoms with Crippen LogP contribution in [0.15, 0.2) is 24.3 Å². The quantitative estimate of drug-likeness (QED) is 0.825. The molecule has 0 aliphatic rings. The van der Waals surface area contributed by atoms with Crippen LogP contribution in [0.2, 0.25) is 0 Å². The summed E-state index contributed by atoms with van der Waals surface area (Å²) in [6.07, 6.45) is 0. The normalized spacial score (nSPS) is 13.2. The van der Waals surface area contributed by atoms with E-state index in [1.807, 2.05) is 24.3 Å². The highest BCUT2D eigenvalue weighted by Crippen LogP contribution is 2.23. The maximum atomic E-state index is 10.7. The molecule has 0 radical (unpaired) electrons. The zero-order valence-electron chi connectivity index (χ0n) is 10.2. The molecule has 1 aromatic carbocycles. The minimum Gasteiger partial charge on any atom is -0.480 e. The molecule has 0 spiro atoms. The van der Waals surface area contributed by atoms with Crippen LogP contribution in [0, 0.1) is 0 Å². The van der Waals surface area contributed by atoms with Gasteiger partial charge in [0.2, 0.25) is 0 Å². The molecule has 0 aliphatic heterocycles. The summed E-state index contributed by atoms with van der Waals surface area (Å²) in [5.41, 5.74) is 2.20. The van der Waals surface area contributed by atoms with E-state index in [1.165, 1.54) is 5.56 Å². The molecule has 16 heavy (non-hydrogen) atoms. The predicted octanol–water partition coefficient (Wildman–Crippen LogP) is 2.87. The SMILES string of the molecule is CC(Nc1ccc(C(C)(C)C)cc1)C(=O)O. The molecule has 3 nitrogen and oxygen atoms in total. The molecule has 88 valence electrons. The first-order valence-electron chi connectivity index (χ1n) is 5.40. The Bertz CT molecular complexity index is 363. The van der Waals surface area contributed by atoms with Crippen molar-refractivity contribution in [3.05, 3.63) is 29.8 Å². The minimum absolute atomic E-state index is 0.122. The van der Waals surface area contributed by atoms with Gasteiger partial charge >= 0.3 is 5.97 Å². The molecular weight excluding hydrogens is 202 g/mol. The van der Waals surface area contributed by atoms with Crippen LogP contribution < -0.4 is 5.32 Å². The number of carboxylic acid groups (broad SMARTS) is 1. The summed E-state index contributed by atoms with van der Waals surface area (Å²) in [7, 11) is 0. The summed E-state index contributed by atoms with van der Waals surface area (Å²) in [4.78, 5) is 10.7. The zero-order valence-corrected chi connectivity index (χ0v) is 10.2. The van der Waals surface area contributed by atoms with Crippen molar-refractivity contribution in [3.63, 3.8) is 0 Å². The number of hydrogen-bond donors (Lipinski definition) is 2. The van der Waals surface area contributed by atoms with Crippen LogP contribution in [0.25, 0.3) is 0 Å².